The Bertz CT molecular complexity index is 756. The number of rotatable bonds is 2. The summed E-state index contributed by atoms with van der Waals surface area (Å²) in [7, 11) is 0. The molecule has 0 aliphatic heterocycles. The van der Waals surface area contributed by atoms with Gasteiger partial charge in [0.1, 0.15) is 5.92 Å². The maximum Gasteiger partial charge on any atom is 0.260 e. The SMILES string of the molecule is O=C=NN=C1C=CC=C2C(=O)C(c3ccccn3)C(=O)C21. The molecule has 0 spiro atoms. The molecular weight excluding hydrogens is 270 g/mol. The van der Waals surface area contributed by atoms with Gasteiger partial charge in [0.25, 0.3) is 6.08 Å². The standard InChI is InChI=1S/C15H9N3O3/c19-8-17-18-11-6-3-4-9-12(11)15(21)13(14(9)20)10-5-1-2-7-16-10/h1-7,12-13H. The molecule has 2 atom stereocenters. The maximum absolute atomic E-state index is 12.6. The Morgan fingerprint density at radius 1 is 1.19 bits per heavy atom. The number of carbonyl (C=O) groups is 2. The van der Waals surface area contributed by atoms with Gasteiger partial charge in [-0.15, -0.1) is 5.10 Å². The Morgan fingerprint density at radius 2 is 2.05 bits per heavy atom. The minimum absolute atomic E-state index is 0.271. The van der Waals surface area contributed by atoms with E-state index in [1.54, 1.807) is 36.4 Å². The normalized spacial score (nSPS) is 25.5. The molecule has 6 nitrogen and oxygen atoms in total. The van der Waals surface area contributed by atoms with Crippen molar-refractivity contribution in [2.45, 2.75) is 5.92 Å². The number of allylic oxidation sites excluding steroid dienone is 4. The molecule has 0 radical (unpaired) electrons. The second-order valence-corrected chi connectivity index (χ2v) is 4.58. The molecule has 1 aromatic heterocycles. The average molecular weight is 279 g/mol. The summed E-state index contributed by atoms with van der Waals surface area (Å²) in [6.07, 6.45) is 7.59. The van der Waals surface area contributed by atoms with Crippen molar-refractivity contribution in [3.63, 3.8) is 0 Å². The summed E-state index contributed by atoms with van der Waals surface area (Å²) in [4.78, 5) is 39.3. The van der Waals surface area contributed by atoms with E-state index in [-0.39, 0.29) is 17.3 Å². The first-order valence-electron chi connectivity index (χ1n) is 6.26. The molecule has 3 rings (SSSR count). The topological polar surface area (TPSA) is 88.8 Å². The molecule has 0 N–H and O–H groups in total. The fraction of sp³-hybridized carbons (Fsp3) is 0.133. The van der Waals surface area contributed by atoms with Gasteiger partial charge in [0, 0.05) is 11.8 Å². The number of nitrogens with zero attached hydrogens (tertiary/aromatic N) is 3. The molecule has 1 fully saturated rings. The molecule has 1 aromatic rings. The Kier molecular flexibility index (Phi) is 3.22. The van der Waals surface area contributed by atoms with Gasteiger partial charge in [-0.1, -0.05) is 23.3 Å². The van der Waals surface area contributed by atoms with Crippen molar-refractivity contribution in [1.82, 2.24) is 4.98 Å². The summed E-state index contributed by atoms with van der Waals surface area (Å²) >= 11 is 0. The van der Waals surface area contributed by atoms with E-state index in [1.807, 2.05) is 0 Å². The minimum Gasteiger partial charge on any atom is -0.297 e. The van der Waals surface area contributed by atoms with E-state index in [4.69, 9.17) is 0 Å². The van der Waals surface area contributed by atoms with E-state index in [2.05, 4.69) is 15.2 Å². The van der Waals surface area contributed by atoms with Gasteiger partial charge in [0.2, 0.25) is 0 Å². The number of isocyanates is 1. The highest BCUT2D eigenvalue weighted by atomic mass is 16.2. The molecule has 6 heteroatoms. The van der Waals surface area contributed by atoms with Gasteiger partial charge in [-0.3, -0.25) is 14.6 Å². The fourth-order valence-corrected chi connectivity index (χ4v) is 2.58. The number of hydrogen-bond donors (Lipinski definition) is 0. The monoisotopic (exact) mass is 279 g/mol. The average Bonchev–Trinajstić information content (AvgIpc) is 2.78. The Hall–Kier alpha value is -2.98. The molecule has 0 aromatic carbocycles. The molecule has 2 aliphatic carbocycles. The summed E-state index contributed by atoms with van der Waals surface area (Å²) in [6.45, 7) is 0. The highest BCUT2D eigenvalue weighted by molar-refractivity contribution is 6.33. The molecule has 21 heavy (non-hydrogen) atoms. The van der Waals surface area contributed by atoms with Crippen molar-refractivity contribution in [1.29, 1.82) is 0 Å². The van der Waals surface area contributed by atoms with Crippen LogP contribution in [0.25, 0.3) is 0 Å². The number of fused-ring (bicyclic) bond motifs is 1. The third-order valence-corrected chi connectivity index (χ3v) is 3.46. The van der Waals surface area contributed by atoms with E-state index < -0.39 is 11.8 Å². The molecule has 2 unspecified atom stereocenters. The largest absolute Gasteiger partial charge is 0.297 e. The number of hydrogen-bond acceptors (Lipinski definition) is 6. The predicted molar refractivity (Wildman–Crippen MR) is 73.3 cm³/mol. The third-order valence-electron chi connectivity index (χ3n) is 3.46. The van der Waals surface area contributed by atoms with Crippen LogP contribution >= 0.6 is 0 Å². The summed E-state index contributed by atoms with van der Waals surface area (Å²) in [5.41, 5.74) is 1.05. The van der Waals surface area contributed by atoms with E-state index in [1.165, 1.54) is 12.3 Å². The van der Waals surface area contributed by atoms with Crippen LogP contribution in [0.15, 0.2) is 58.4 Å². The molecule has 2 aliphatic rings. The van der Waals surface area contributed by atoms with Gasteiger partial charge in [-0.25, -0.2) is 4.79 Å². The minimum atomic E-state index is -0.923. The zero-order valence-electron chi connectivity index (χ0n) is 10.8. The van der Waals surface area contributed by atoms with Crippen LogP contribution in [0.4, 0.5) is 0 Å². The Balaban J connectivity index is 2.06. The summed E-state index contributed by atoms with van der Waals surface area (Å²) in [5, 5.41) is 6.79. The Morgan fingerprint density at radius 3 is 2.76 bits per heavy atom. The van der Waals surface area contributed by atoms with Gasteiger partial charge in [-0.05, 0) is 18.2 Å². The van der Waals surface area contributed by atoms with E-state index in [9.17, 15) is 14.4 Å². The number of aromatic nitrogens is 1. The molecule has 1 heterocycles. The van der Waals surface area contributed by atoms with Gasteiger partial charge in [0.15, 0.2) is 11.6 Å². The van der Waals surface area contributed by atoms with Gasteiger partial charge >= 0.3 is 0 Å². The predicted octanol–water partition coefficient (Wildman–Crippen LogP) is 1.12. The molecule has 0 amide bonds. The van der Waals surface area contributed by atoms with Crippen molar-refractivity contribution in [3.05, 3.63) is 53.9 Å². The first-order valence-corrected chi connectivity index (χ1v) is 6.26. The second-order valence-electron chi connectivity index (χ2n) is 4.58. The lowest BCUT2D eigenvalue weighted by atomic mass is 9.91. The van der Waals surface area contributed by atoms with Crippen LogP contribution in [0.3, 0.4) is 0 Å². The second kappa shape index (κ2) is 5.19. The number of Topliss-reactive ketones (excluding diaryl/α,β-unsaturated/α-hetero) is 2. The van der Waals surface area contributed by atoms with Crippen molar-refractivity contribution in [2.24, 2.45) is 16.1 Å². The first-order chi connectivity index (χ1) is 10.2. The van der Waals surface area contributed by atoms with Crippen LogP contribution in [-0.4, -0.2) is 28.3 Å². The third kappa shape index (κ3) is 2.07. The molecule has 102 valence electrons. The van der Waals surface area contributed by atoms with Crippen molar-refractivity contribution >= 4 is 23.4 Å². The molecule has 1 saturated carbocycles. The fourth-order valence-electron chi connectivity index (χ4n) is 2.58. The lowest BCUT2D eigenvalue weighted by Crippen LogP contribution is -2.22. The summed E-state index contributed by atoms with van der Waals surface area (Å²) in [6, 6.07) is 5.09. The van der Waals surface area contributed by atoms with Crippen molar-refractivity contribution in [3.8, 4) is 0 Å². The lowest BCUT2D eigenvalue weighted by Gasteiger charge is -2.11. The van der Waals surface area contributed by atoms with Gasteiger partial charge < -0.3 is 0 Å². The highest BCUT2D eigenvalue weighted by Gasteiger charge is 2.49. The zero-order chi connectivity index (χ0) is 14.8. The van der Waals surface area contributed by atoms with E-state index >= 15 is 0 Å². The smallest absolute Gasteiger partial charge is 0.260 e. The van der Waals surface area contributed by atoms with Gasteiger partial charge in [-0.2, -0.15) is 0 Å². The zero-order valence-corrected chi connectivity index (χ0v) is 10.8. The van der Waals surface area contributed by atoms with Crippen LogP contribution in [0.2, 0.25) is 0 Å². The highest BCUT2D eigenvalue weighted by Crippen LogP contribution is 2.38. The quantitative estimate of drug-likeness (QED) is 0.351. The first kappa shape index (κ1) is 13.0. The van der Waals surface area contributed by atoms with Crippen LogP contribution in [-0.2, 0) is 14.4 Å². The molecular formula is C15H9N3O3. The van der Waals surface area contributed by atoms with Crippen LogP contribution in [0.5, 0.6) is 0 Å². The lowest BCUT2D eigenvalue weighted by molar-refractivity contribution is -0.124. The number of carbonyl (C=O) groups excluding carboxylic acids is 3. The van der Waals surface area contributed by atoms with E-state index in [0.29, 0.717) is 11.3 Å². The summed E-state index contributed by atoms with van der Waals surface area (Å²) in [5.74, 6) is -2.29. The number of ketones is 2. The Labute approximate surface area is 119 Å². The molecule has 0 bridgehead atoms. The van der Waals surface area contributed by atoms with Crippen LogP contribution in [0, 0.1) is 5.92 Å². The van der Waals surface area contributed by atoms with Crippen molar-refractivity contribution in [2.75, 3.05) is 0 Å². The summed E-state index contributed by atoms with van der Waals surface area (Å²) < 4.78 is 0. The van der Waals surface area contributed by atoms with Crippen molar-refractivity contribution < 1.29 is 14.4 Å². The van der Waals surface area contributed by atoms with Crippen LogP contribution in [0.1, 0.15) is 11.6 Å². The number of pyridine rings is 1. The maximum atomic E-state index is 12.6. The molecule has 0 saturated heterocycles. The van der Waals surface area contributed by atoms with Crippen LogP contribution < -0.4 is 0 Å². The van der Waals surface area contributed by atoms with Gasteiger partial charge in [0.05, 0.1) is 17.3 Å². The van der Waals surface area contributed by atoms with E-state index in [0.717, 1.165) is 0 Å².